The number of carbonyl (C=O) groups excluding carboxylic acids is 1. The number of aryl methyl sites for hydroxylation is 2. The van der Waals surface area contributed by atoms with Crippen LogP contribution in [-0.2, 0) is 4.79 Å². The van der Waals surface area contributed by atoms with Crippen LogP contribution in [0, 0.1) is 36.7 Å². The van der Waals surface area contributed by atoms with Gasteiger partial charge < -0.3 is 10.1 Å². The highest BCUT2D eigenvalue weighted by Gasteiger charge is 2.54. The Bertz CT molecular complexity index is 1220. The highest BCUT2D eigenvalue weighted by atomic mass is 19.2. The number of pyridine rings is 1. The fraction of sp³-hybridized carbons (Fsp3) is 0.348. The van der Waals surface area contributed by atoms with Crippen LogP contribution in [0.2, 0.25) is 0 Å². The van der Waals surface area contributed by atoms with Crippen molar-refractivity contribution >= 4 is 11.6 Å². The van der Waals surface area contributed by atoms with E-state index in [4.69, 9.17) is 4.74 Å². The Labute approximate surface area is 182 Å². The van der Waals surface area contributed by atoms with E-state index in [-0.39, 0.29) is 40.8 Å². The van der Waals surface area contributed by atoms with Crippen molar-refractivity contribution in [3.8, 4) is 17.0 Å². The third-order valence-electron chi connectivity index (χ3n) is 6.45. The lowest BCUT2D eigenvalue weighted by Crippen LogP contribution is -2.31. The van der Waals surface area contributed by atoms with Crippen LogP contribution >= 0.6 is 0 Å². The molecule has 0 bridgehead atoms. The smallest absolute Gasteiger partial charge is 0.225 e. The highest BCUT2D eigenvalue weighted by molar-refractivity contribution is 5.91. The molecule has 1 spiro atoms. The molecule has 32 heavy (non-hydrogen) atoms. The molecule has 2 aliphatic rings. The van der Waals surface area contributed by atoms with Gasteiger partial charge in [0.15, 0.2) is 17.5 Å². The summed E-state index contributed by atoms with van der Waals surface area (Å²) in [6.45, 7) is 3.89. The molecule has 5 rings (SSSR count). The fourth-order valence-corrected chi connectivity index (χ4v) is 4.56. The molecule has 166 valence electrons. The van der Waals surface area contributed by atoms with Gasteiger partial charge in [-0.3, -0.25) is 14.9 Å². The maximum absolute atomic E-state index is 14.7. The number of rotatable bonds is 4. The maximum Gasteiger partial charge on any atom is 0.225 e. The minimum absolute atomic E-state index is 0.0464. The molecule has 1 unspecified atom stereocenters. The maximum atomic E-state index is 14.7. The minimum atomic E-state index is -0.983. The van der Waals surface area contributed by atoms with Crippen molar-refractivity contribution in [2.75, 3.05) is 11.9 Å². The third-order valence-corrected chi connectivity index (χ3v) is 6.45. The first-order chi connectivity index (χ1) is 15.3. The van der Waals surface area contributed by atoms with E-state index in [9.17, 15) is 18.0 Å². The third kappa shape index (κ3) is 3.41. The number of benzene rings is 1. The monoisotopic (exact) mass is 442 g/mol. The number of hydrogen-bond donors (Lipinski definition) is 2. The Hall–Kier alpha value is -3.36. The summed E-state index contributed by atoms with van der Waals surface area (Å²) in [7, 11) is 0. The molecule has 3 heterocycles. The summed E-state index contributed by atoms with van der Waals surface area (Å²) in [5.74, 6) is -2.94. The summed E-state index contributed by atoms with van der Waals surface area (Å²) in [4.78, 5) is 17.0. The zero-order valence-corrected chi connectivity index (χ0v) is 17.6. The minimum Gasteiger partial charge on any atom is -0.493 e. The molecule has 1 aliphatic heterocycles. The van der Waals surface area contributed by atoms with E-state index in [0.717, 1.165) is 25.0 Å². The number of halogens is 3. The second-order valence-corrected chi connectivity index (χ2v) is 8.62. The summed E-state index contributed by atoms with van der Waals surface area (Å²) in [6, 6.07) is 3.36. The molecule has 9 heteroatoms. The van der Waals surface area contributed by atoms with Crippen molar-refractivity contribution in [2.45, 2.75) is 39.0 Å². The predicted octanol–water partition coefficient (Wildman–Crippen LogP) is 4.79. The van der Waals surface area contributed by atoms with Crippen molar-refractivity contribution in [2.24, 2.45) is 5.41 Å². The molecule has 2 N–H and O–H groups in total. The molecule has 1 amide bonds. The molecule has 2 aromatic heterocycles. The van der Waals surface area contributed by atoms with E-state index in [1.165, 1.54) is 12.3 Å². The number of fused-ring (bicyclic) bond motifs is 1. The number of nitrogens with one attached hydrogen (secondary N) is 2. The van der Waals surface area contributed by atoms with Crippen molar-refractivity contribution < 1.29 is 22.7 Å². The van der Waals surface area contributed by atoms with Crippen LogP contribution in [-0.4, -0.2) is 27.7 Å². The van der Waals surface area contributed by atoms with Gasteiger partial charge in [-0.2, -0.15) is 5.10 Å². The molecule has 1 aliphatic carbocycles. The zero-order valence-electron chi connectivity index (χ0n) is 17.6. The number of amides is 1. The SMILES string of the molecule is Cc1n[nH]c(C)c1-c1ncc(NC(=O)CC2c3cc(F)c(F)cc3OCC23CC3)cc1F. The van der Waals surface area contributed by atoms with Crippen molar-refractivity contribution in [3.05, 3.63) is 58.8 Å². The standard InChI is InChI=1S/C23H21F3N4O2/c1-11-21(12(2)30-29-11)22-18(26)5-13(9-27-22)28-20(31)7-15-14-6-16(24)17(25)8-19(14)32-10-23(15)3-4-23/h5-6,8-9,15H,3-4,7,10H2,1-2H3,(H,28,31)(H,29,30). The lowest BCUT2D eigenvalue weighted by atomic mass is 9.79. The highest BCUT2D eigenvalue weighted by Crippen LogP contribution is 2.61. The van der Waals surface area contributed by atoms with E-state index < -0.39 is 17.5 Å². The molecular formula is C23H21F3N4O2. The van der Waals surface area contributed by atoms with Gasteiger partial charge in [0.2, 0.25) is 5.91 Å². The summed E-state index contributed by atoms with van der Waals surface area (Å²) in [6.07, 6.45) is 3.13. The molecule has 0 radical (unpaired) electrons. The van der Waals surface area contributed by atoms with Crippen molar-refractivity contribution in [1.82, 2.24) is 15.2 Å². The van der Waals surface area contributed by atoms with Gasteiger partial charge in [-0.05, 0) is 32.8 Å². The molecular weight excluding hydrogens is 421 g/mol. The van der Waals surface area contributed by atoms with Crippen molar-refractivity contribution in [1.29, 1.82) is 0 Å². The quantitative estimate of drug-likeness (QED) is 0.609. The predicted molar refractivity (Wildman–Crippen MR) is 111 cm³/mol. The van der Waals surface area contributed by atoms with Crippen LogP contribution in [0.4, 0.5) is 18.9 Å². The average Bonchev–Trinajstić information content (AvgIpc) is 3.45. The molecule has 1 saturated carbocycles. The number of anilines is 1. The normalized spacial score (nSPS) is 18.2. The van der Waals surface area contributed by atoms with E-state index in [2.05, 4.69) is 20.5 Å². The van der Waals surface area contributed by atoms with Gasteiger partial charge in [0, 0.05) is 46.7 Å². The van der Waals surface area contributed by atoms with Gasteiger partial charge in [-0.25, -0.2) is 13.2 Å². The van der Waals surface area contributed by atoms with Gasteiger partial charge in [-0.15, -0.1) is 0 Å². The summed E-state index contributed by atoms with van der Waals surface area (Å²) in [5.41, 5.74) is 2.53. The number of nitrogens with zero attached hydrogens (tertiary/aromatic N) is 2. The lowest BCUT2D eigenvalue weighted by Gasteiger charge is -2.33. The summed E-state index contributed by atoms with van der Waals surface area (Å²) >= 11 is 0. The fourth-order valence-electron chi connectivity index (χ4n) is 4.56. The second-order valence-electron chi connectivity index (χ2n) is 8.62. The molecule has 3 aromatic rings. The van der Waals surface area contributed by atoms with Crippen LogP contribution in [0.3, 0.4) is 0 Å². The first kappa shape index (κ1) is 20.5. The van der Waals surface area contributed by atoms with Gasteiger partial charge in [0.25, 0.3) is 0 Å². The first-order valence-electron chi connectivity index (χ1n) is 10.4. The first-order valence-corrected chi connectivity index (χ1v) is 10.4. The van der Waals surface area contributed by atoms with E-state index in [1.54, 1.807) is 13.8 Å². The summed E-state index contributed by atoms with van der Waals surface area (Å²) < 4.78 is 47.9. The Morgan fingerprint density at radius 1 is 1.19 bits per heavy atom. The Morgan fingerprint density at radius 3 is 2.59 bits per heavy atom. The molecule has 1 fully saturated rings. The van der Waals surface area contributed by atoms with E-state index >= 15 is 0 Å². The number of ether oxygens (including phenoxy) is 1. The van der Waals surface area contributed by atoms with Crippen molar-refractivity contribution in [3.63, 3.8) is 0 Å². The van der Waals surface area contributed by atoms with Crippen LogP contribution < -0.4 is 10.1 Å². The molecule has 0 saturated heterocycles. The largest absolute Gasteiger partial charge is 0.493 e. The molecule has 6 nitrogen and oxygen atoms in total. The van der Waals surface area contributed by atoms with E-state index in [0.29, 0.717) is 29.1 Å². The van der Waals surface area contributed by atoms with Gasteiger partial charge in [-0.1, -0.05) is 0 Å². The number of H-pyrrole nitrogens is 1. The summed E-state index contributed by atoms with van der Waals surface area (Å²) in [5, 5.41) is 9.54. The van der Waals surface area contributed by atoms with Crippen LogP contribution in [0.25, 0.3) is 11.3 Å². The Balaban J connectivity index is 1.36. The average molecular weight is 442 g/mol. The van der Waals surface area contributed by atoms with Gasteiger partial charge >= 0.3 is 0 Å². The van der Waals surface area contributed by atoms with Gasteiger partial charge in [0.05, 0.1) is 24.2 Å². The number of aromatic amines is 1. The van der Waals surface area contributed by atoms with Crippen LogP contribution in [0.5, 0.6) is 5.75 Å². The topological polar surface area (TPSA) is 79.9 Å². The molecule has 1 aromatic carbocycles. The second kappa shape index (κ2) is 7.36. The molecule has 1 atom stereocenters. The number of aromatic nitrogens is 3. The van der Waals surface area contributed by atoms with Crippen LogP contribution in [0.1, 0.15) is 42.1 Å². The Kier molecular flexibility index (Phi) is 4.72. The van der Waals surface area contributed by atoms with Gasteiger partial charge in [0.1, 0.15) is 11.4 Å². The Morgan fingerprint density at radius 2 is 1.94 bits per heavy atom. The number of hydrogen-bond acceptors (Lipinski definition) is 4. The lowest BCUT2D eigenvalue weighted by molar-refractivity contribution is -0.117. The zero-order chi connectivity index (χ0) is 22.6. The van der Waals surface area contributed by atoms with Crippen LogP contribution in [0.15, 0.2) is 24.4 Å². The number of carbonyl (C=O) groups is 1. The van der Waals surface area contributed by atoms with E-state index in [1.807, 2.05) is 0 Å².